The number of carbonyl (C=O) groups excluding carboxylic acids is 2. The number of ketones is 1. The maximum absolute atomic E-state index is 12.9. The molecular formula is C21H25ClO5. The summed E-state index contributed by atoms with van der Waals surface area (Å²) in [5, 5.41) is 0. The number of benzene rings is 1. The van der Waals surface area contributed by atoms with Crippen LogP contribution in [-0.4, -0.2) is 37.5 Å². The van der Waals surface area contributed by atoms with Gasteiger partial charge in [-0.15, -0.1) is 11.6 Å². The number of esters is 1. The van der Waals surface area contributed by atoms with Crippen LogP contribution in [0.2, 0.25) is 0 Å². The molecule has 4 fully saturated rings. The molecule has 0 aliphatic heterocycles. The van der Waals surface area contributed by atoms with Gasteiger partial charge in [0, 0.05) is 10.4 Å². The third kappa shape index (κ3) is 3.31. The molecule has 4 bridgehead atoms. The summed E-state index contributed by atoms with van der Waals surface area (Å²) in [6, 6.07) is 4.92. The van der Waals surface area contributed by atoms with E-state index < -0.39 is 5.41 Å². The van der Waals surface area contributed by atoms with Crippen LogP contribution >= 0.6 is 11.6 Å². The summed E-state index contributed by atoms with van der Waals surface area (Å²) in [5.41, 5.74) is -0.0660. The smallest absolute Gasteiger partial charge is 0.312 e. The largest absolute Gasteiger partial charge is 0.493 e. The van der Waals surface area contributed by atoms with Crippen molar-refractivity contribution in [2.45, 2.75) is 43.4 Å². The summed E-state index contributed by atoms with van der Waals surface area (Å²) in [6.07, 6.45) is 5.56. The predicted octanol–water partition coefficient (Wildman–Crippen LogP) is 4.01. The first-order valence-corrected chi connectivity index (χ1v) is 9.86. The summed E-state index contributed by atoms with van der Waals surface area (Å²) in [6.45, 7) is -0.263. The highest BCUT2D eigenvalue weighted by Gasteiger charge is 2.60. The molecular weight excluding hydrogens is 368 g/mol. The Kier molecular flexibility index (Phi) is 4.61. The first kappa shape index (κ1) is 18.6. The Hall–Kier alpha value is -1.75. The van der Waals surface area contributed by atoms with Crippen molar-refractivity contribution in [1.82, 2.24) is 0 Å². The van der Waals surface area contributed by atoms with Crippen molar-refractivity contribution < 1.29 is 23.8 Å². The highest BCUT2D eigenvalue weighted by Crippen LogP contribution is 2.64. The first-order valence-electron chi connectivity index (χ1n) is 9.48. The van der Waals surface area contributed by atoms with E-state index in [2.05, 4.69) is 0 Å². The van der Waals surface area contributed by atoms with E-state index in [-0.39, 0.29) is 23.2 Å². The van der Waals surface area contributed by atoms with Crippen LogP contribution in [-0.2, 0) is 9.53 Å². The van der Waals surface area contributed by atoms with Gasteiger partial charge in [-0.05, 0) is 68.6 Å². The number of halogens is 1. The number of alkyl halides is 1. The highest BCUT2D eigenvalue weighted by molar-refractivity contribution is 6.24. The number of ether oxygens (including phenoxy) is 3. The second-order valence-corrected chi connectivity index (χ2v) is 9.26. The molecule has 0 saturated heterocycles. The van der Waals surface area contributed by atoms with Crippen molar-refractivity contribution >= 4 is 23.4 Å². The first-order chi connectivity index (χ1) is 12.9. The van der Waals surface area contributed by atoms with Gasteiger partial charge in [0.2, 0.25) is 0 Å². The molecule has 6 heteroatoms. The van der Waals surface area contributed by atoms with E-state index in [1.54, 1.807) is 18.2 Å². The van der Waals surface area contributed by atoms with Crippen molar-refractivity contribution in [1.29, 1.82) is 0 Å². The zero-order valence-electron chi connectivity index (χ0n) is 15.8. The minimum Gasteiger partial charge on any atom is -0.493 e. The molecule has 0 radical (unpaired) electrons. The van der Waals surface area contributed by atoms with Crippen LogP contribution < -0.4 is 9.47 Å². The average molecular weight is 393 g/mol. The van der Waals surface area contributed by atoms with Crippen LogP contribution in [0.5, 0.6) is 11.5 Å². The number of hydrogen-bond donors (Lipinski definition) is 0. The van der Waals surface area contributed by atoms with Gasteiger partial charge in [-0.3, -0.25) is 9.59 Å². The number of rotatable bonds is 6. The van der Waals surface area contributed by atoms with E-state index in [0.717, 1.165) is 25.7 Å². The Morgan fingerprint density at radius 1 is 1.07 bits per heavy atom. The zero-order chi connectivity index (χ0) is 19.2. The maximum Gasteiger partial charge on any atom is 0.312 e. The van der Waals surface area contributed by atoms with Crippen LogP contribution in [0.4, 0.5) is 0 Å². The molecule has 0 unspecified atom stereocenters. The number of methoxy groups -OCH3 is 2. The minimum absolute atomic E-state index is 0.254. The third-order valence-corrected chi connectivity index (χ3v) is 6.90. The lowest BCUT2D eigenvalue weighted by Gasteiger charge is -2.58. The Morgan fingerprint density at radius 3 is 2.33 bits per heavy atom. The van der Waals surface area contributed by atoms with E-state index in [4.69, 9.17) is 25.8 Å². The van der Waals surface area contributed by atoms with Gasteiger partial charge < -0.3 is 14.2 Å². The Morgan fingerprint density at radius 2 is 1.74 bits per heavy atom. The second kappa shape index (κ2) is 6.69. The summed E-state index contributed by atoms with van der Waals surface area (Å²) in [4.78, 5) is 25.2. The second-order valence-electron chi connectivity index (χ2n) is 8.46. The van der Waals surface area contributed by atoms with Crippen LogP contribution in [0, 0.1) is 17.3 Å². The monoisotopic (exact) mass is 392 g/mol. The van der Waals surface area contributed by atoms with Crippen LogP contribution in [0.25, 0.3) is 0 Å². The molecule has 0 spiro atoms. The molecule has 146 valence electrons. The fourth-order valence-corrected chi connectivity index (χ4v) is 6.46. The molecule has 4 aliphatic carbocycles. The SMILES string of the molecule is COc1ccc(C(=O)COC(=O)C23C[C@H]4C[C@@H](CC(Cl)(C4)C2)C3)cc1OC. The van der Waals surface area contributed by atoms with E-state index in [1.807, 2.05) is 0 Å². The molecule has 5 nitrogen and oxygen atoms in total. The topological polar surface area (TPSA) is 61.8 Å². The lowest BCUT2D eigenvalue weighted by Crippen LogP contribution is -2.56. The van der Waals surface area contributed by atoms with Crippen LogP contribution in [0.1, 0.15) is 48.9 Å². The van der Waals surface area contributed by atoms with E-state index in [9.17, 15) is 9.59 Å². The van der Waals surface area contributed by atoms with Gasteiger partial charge in [0.1, 0.15) is 0 Å². The van der Waals surface area contributed by atoms with Crippen LogP contribution in [0.15, 0.2) is 18.2 Å². The summed E-state index contributed by atoms with van der Waals surface area (Å²) < 4.78 is 15.9. The standard InChI is InChI=1S/C21H25ClO5/c1-25-17-4-3-15(6-18(17)26-2)16(23)11-27-19(24)20-7-13-5-14(8-20)10-21(22,9-13)12-20/h3-4,6,13-14H,5,7-12H2,1-2H3/t13-,14-,20?,21?/m1/s1. The van der Waals surface area contributed by atoms with Crippen molar-refractivity contribution in [2.24, 2.45) is 17.3 Å². The maximum atomic E-state index is 12.9. The highest BCUT2D eigenvalue weighted by atomic mass is 35.5. The quantitative estimate of drug-likeness (QED) is 0.416. The van der Waals surface area contributed by atoms with E-state index >= 15 is 0 Å². The predicted molar refractivity (Wildman–Crippen MR) is 101 cm³/mol. The summed E-state index contributed by atoms with van der Waals surface area (Å²) >= 11 is 6.78. The minimum atomic E-state index is -0.496. The Bertz CT molecular complexity index is 760. The molecule has 4 saturated carbocycles. The lowest BCUT2D eigenvalue weighted by molar-refractivity contribution is -0.168. The van der Waals surface area contributed by atoms with Gasteiger partial charge in [0.05, 0.1) is 19.6 Å². The fraction of sp³-hybridized carbons (Fsp3) is 0.619. The Labute approximate surface area is 164 Å². The molecule has 1 aromatic rings. The lowest BCUT2D eigenvalue weighted by atomic mass is 9.49. The van der Waals surface area contributed by atoms with Crippen molar-refractivity contribution in [3.8, 4) is 11.5 Å². The molecule has 5 rings (SSSR count). The molecule has 27 heavy (non-hydrogen) atoms. The molecule has 0 N–H and O–H groups in total. The summed E-state index contributed by atoms with van der Waals surface area (Å²) in [5.74, 6) is 1.53. The van der Waals surface area contributed by atoms with Crippen molar-refractivity contribution in [3.05, 3.63) is 23.8 Å². The number of Topliss-reactive ketones (excluding diaryl/α,β-unsaturated/α-hetero) is 1. The van der Waals surface area contributed by atoms with Gasteiger partial charge in [-0.1, -0.05) is 0 Å². The fourth-order valence-electron chi connectivity index (χ4n) is 5.77. The van der Waals surface area contributed by atoms with Crippen molar-refractivity contribution in [2.75, 3.05) is 20.8 Å². The molecule has 0 heterocycles. The van der Waals surface area contributed by atoms with Crippen LogP contribution in [0.3, 0.4) is 0 Å². The third-order valence-electron chi connectivity index (χ3n) is 6.46. The van der Waals surface area contributed by atoms with Gasteiger partial charge >= 0.3 is 5.97 Å². The van der Waals surface area contributed by atoms with Gasteiger partial charge in [0.15, 0.2) is 23.9 Å². The Balaban J connectivity index is 1.43. The molecule has 4 aliphatic rings. The van der Waals surface area contributed by atoms with Gasteiger partial charge in [-0.2, -0.15) is 0 Å². The van der Waals surface area contributed by atoms with E-state index in [0.29, 0.717) is 35.3 Å². The molecule has 0 aromatic heterocycles. The van der Waals surface area contributed by atoms with Crippen molar-refractivity contribution in [3.63, 3.8) is 0 Å². The van der Waals surface area contributed by atoms with Gasteiger partial charge in [0.25, 0.3) is 0 Å². The molecule has 0 amide bonds. The number of hydrogen-bond acceptors (Lipinski definition) is 5. The van der Waals surface area contributed by atoms with E-state index in [1.165, 1.54) is 20.6 Å². The normalized spacial score (nSPS) is 33.6. The zero-order valence-corrected chi connectivity index (χ0v) is 16.5. The van der Waals surface area contributed by atoms with Gasteiger partial charge in [-0.25, -0.2) is 0 Å². The summed E-state index contributed by atoms with van der Waals surface area (Å²) in [7, 11) is 3.05. The molecule has 2 atom stereocenters. The molecule has 1 aromatic carbocycles. The number of carbonyl (C=O) groups is 2. The average Bonchev–Trinajstić information content (AvgIpc) is 2.63.